The van der Waals surface area contributed by atoms with Crippen LogP contribution in [0.4, 0.5) is 5.69 Å². The van der Waals surface area contributed by atoms with Crippen LogP contribution in [0.15, 0.2) is 72.9 Å². The molecular weight excluding hydrogens is 316 g/mol. The zero-order chi connectivity index (χ0) is 17.5. The Hall–Kier alpha value is -3.00. The number of benzene rings is 3. The van der Waals surface area contributed by atoms with Gasteiger partial charge in [-0.15, -0.1) is 0 Å². The SMILES string of the molecule is Cc1cccc2[nH]cc(-c3ccc4c(c3)CCN(c3ccccc3)C4)c12. The standard InChI is InChI=1S/C24H22N2/c1-17-6-5-9-23-24(17)22(15-25-23)19-10-11-20-16-26(13-12-18(20)14-19)21-7-3-2-4-8-21/h2-11,14-15,25H,12-13,16H2,1H3. The monoisotopic (exact) mass is 338 g/mol. The largest absolute Gasteiger partial charge is 0.367 e. The Morgan fingerprint density at radius 3 is 2.65 bits per heavy atom. The number of para-hydroxylation sites is 1. The average molecular weight is 338 g/mol. The first-order chi connectivity index (χ1) is 12.8. The van der Waals surface area contributed by atoms with E-state index in [1.54, 1.807) is 0 Å². The normalized spacial score (nSPS) is 13.8. The molecule has 2 nitrogen and oxygen atoms in total. The van der Waals surface area contributed by atoms with Crippen molar-refractivity contribution in [1.29, 1.82) is 0 Å². The van der Waals surface area contributed by atoms with Gasteiger partial charge >= 0.3 is 0 Å². The Morgan fingerprint density at radius 2 is 1.77 bits per heavy atom. The van der Waals surface area contributed by atoms with Crippen molar-refractivity contribution in [3.05, 3.63) is 89.6 Å². The molecule has 1 aliphatic heterocycles. The van der Waals surface area contributed by atoms with Gasteiger partial charge in [-0.2, -0.15) is 0 Å². The highest BCUT2D eigenvalue weighted by molar-refractivity contribution is 5.97. The first-order valence-electron chi connectivity index (χ1n) is 9.28. The number of H-pyrrole nitrogens is 1. The second-order valence-corrected chi connectivity index (χ2v) is 7.19. The van der Waals surface area contributed by atoms with Crippen molar-refractivity contribution in [2.24, 2.45) is 0 Å². The highest BCUT2D eigenvalue weighted by Crippen LogP contribution is 2.33. The predicted molar refractivity (Wildman–Crippen MR) is 110 cm³/mol. The second-order valence-electron chi connectivity index (χ2n) is 7.19. The molecule has 0 aliphatic carbocycles. The fraction of sp³-hybridized carbons (Fsp3) is 0.167. The number of nitrogens with zero attached hydrogens (tertiary/aromatic N) is 1. The maximum absolute atomic E-state index is 3.43. The third kappa shape index (κ3) is 2.50. The summed E-state index contributed by atoms with van der Waals surface area (Å²) in [6.45, 7) is 4.26. The van der Waals surface area contributed by atoms with Gasteiger partial charge in [-0.3, -0.25) is 0 Å². The molecule has 0 unspecified atom stereocenters. The topological polar surface area (TPSA) is 19.0 Å². The van der Waals surface area contributed by atoms with Gasteiger partial charge < -0.3 is 9.88 Å². The summed E-state index contributed by atoms with van der Waals surface area (Å²) in [7, 11) is 0. The van der Waals surface area contributed by atoms with Gasteiger partial charge in [0.2, 0.25) is 0 Å². The minimum atomic E-state index is 0.993. The summed E-state index contributed by atoms with van der Waals surface area (Å²) >= 11 is 0. The Morgan fingerprint density at radius 1 is 0.885 bits per heavy atom. The summed E-state index contributed by atoms with van der Waals surface area (Å²) in [5, 5.41) is 1.34. The van der Waals surface area contributed by atoms with E-state index in [2.05, 4.69) is 89.7 Å². The van der Waals surface area contributed by atoms with Gasteiger partial charge in [0.1, 0.15) is 0 Å². The van der Waals surface area contributed by atoms with Crippen LogP contribution in [0.5, 0.6) is 0 Å². The summed E-state index contributed by atoms with van der Waals surface area (Å²) in [4.78, 5) is 5.90. The molecule has 1 aromatic heterocycles. The summed E-state index contributed by atoms with van der Waals surface area (Å²) in [5.41, 5.74) is 9.41. The van der Waals surface area contributed by atoms with Crippen molar-refractivity contribution < 1.29 is 0 Å². The molecule has 0 saturated heterocycles. The molecule has 0 fully saturated rings. The highest BCUT2D eigenvalue weighted by atomic mass is 15.1. The molecule has 0 spiro atoms. The smallest absolute Gasteiger partial charge is 0.0463 e. The van der Waals surface area contributed by atoms with E-state index in [0.717, 1.165) is 19.5 Å². The fourth-order valence-corrected chi connectivity index (χ4v) is 4.18. The van der Waals surface area contributed by atoms with E-state index < -0.39 is 0 Å². The lowest BCUT2D eigenvalue weighted by Crippen LogP contribution is -2.30. The number of hydrogen-bond donors (Lipinski definition) is 1. The van der Waals surface area contributed by atoms with E-state index in [0.29, 0.717) is 0 Å². The lowest BCUT2D eigenvalue weighted by Gasteiger charge is -2.31. The molecule has 5 rings (SSSR count). The lowest BCUT2D eigenvalue weighted by atomic mass is 9.93. The van der Waals surface area contributed by atoms with Crippen molar-refractivity contribution in [1.82, 2.24) is 4.98 Å². The lowest BCUT2D eigenvalue weighted by molar-refractivity contribution is 0.732. The van der Waals surface area contributed by atoms with E-state index >= 15 is 0 Å². The van der Waals surface area contributed by atoms with E-state index in [1.807, 2.05) is 0 Å². The van der Waals surface area contributed by atoms with Crippen LogP contribution >= 0.6 is 0 Å². The van der Waals surface area contributed by atoms with Crippen molar-refractivity contribution in [3.63, 3.8) is 0 Å². The number of rotatable bonds is 2. The third-order valence-electron chi connectivity index (χ3n) is 5.57. The number of aromatic nitrogens is 1. The van der Waals surface area contributed by atoms with Crippen molar-refractivity contribution in [2.75, 3.05) is 11.4 Å². The van der Waals surface area contributed by atoms with Gasteiger partial charge in [0.05, 0.1) is 0 Å². The minimum absolute atomic E-state index is 0.993. The van der Waals surface area contributed by atoms with Gasteiger partial charge in [0.25, 0.3) is 0 Å². The van der Waals surface area contributed by atoms with E-state index in [4.69, 9.17) is 0 Å². The molecule has 128 valence electrons. The molecule has 0 saturated carbocycles. The maximum atomic E-state index is 3.43. The Bertz CT molecular complexity index is 1080. The molecule has 2 heteroatoms. The number of anilines is 1. The molecule has 4 aromatic rings. The zero-order valence-corrected chi connectivity index (χ0v) is 15.0. The van der Waals surface area contributed by atoms with Gasteiger partial charge in [0.15, 0.2) is 0 Å². The molecule has 1 N–H and O–H groups in total. The summed E-state index contributed by atoms with van der Waals surface area (Å²) in [6, 6.07) is 24.2. The van der Waals surface area contributed by atoms with Gasteiger partial charge in [-0.25, -0.2) is 0 Å². The molecule has 0 bridgehead atoms. The zero-order valence-electron chi connectivity index (χ0n) is 15.0. The van der Waals surface area contributed by atoms with Crippen LogP contribution in [0.1, 0.15) is 16.7 Å². The summed E-state index contributed by atoms with van der Waals surface area (Å²) in [6.07, 6.45) is 3.25. The molecular formula is C24H22N2. The molecule has 0 radical (unpaired) electrons. The Labute approximate surface area is 154 Å². The summed E-state index contributed by atoms with van der Waals surface area (Å²) in [5.74, 6) is 0. The van der Waals surface area contributed by atoms with Crippen molar-refractivity contribution in [2.45, 2.75) is 19.9 Å². The van der Waals surface area contributed by atoms with E-state index in [-0.39, 0.29) is 0 Å². The van der Waals surface area contributed by atoms with Gasteiger partial charge in [-0.1, -0.05) is 48.5 Å². The first-order valence-corrected chi connectivity index (χ1v) is 9.28. The van der Waals surface area contributed by atoms with Crippen molar-refractivity contribution in [3.8, 4) is 11.1 Å². The number of hydrogen-bond acceptors (Lipinski definition) is 1. The molecule has 3 aromatic carbocycles. The number of aromatic amines is 1. The summed E-state index contributed by atoms with van der Waals surface area (Å²) < 4.78 is 0. The van der Waals surface area contributed by atoms with Crippen LogP contribution in [0.2, 0.25) is 0 Å². The highest BCUT2D eigenvalue weighted by Gasteiger charge is 2.18. The molecule has 0 atom stereocenters. The first kappa shape index (κ1) is 15.3. The van der Waals surface area contributed by atoms with Crippen LogP contribution in [0.3, 0.4) is 0 Å². The maximum Gasteiger partial charge on any atom is 0.0463 e. The van der Waals surface area contributed by atoms with Gasteiger partial charge in [-0.05, 0) is 53.8 Å². The van der Waals surface area contributed by atoms with Gasteiger partial charge in [0, 0.05) is 41.4 Å². The molecule has 2 heterocycles. The van der Waals surface area contributed by atoms with Crippen LogP contribution < -0.4 is 4.90 Å². The Balaban J connectivity index is 1.51. The van der Waals surface area contributed by atoms with Crippen LogP contribution in [-0.4, -0.2) is 11.5 Å². The number of fused-ring (bicyclic) bond motifs is 2. The van der Waals surface area contributed by atoms with Crippen LogP contribution in [0.25, 0.3) is 22.0 Å². The van der Waals surface area contributed by atoms with Crippen molar-refractivity contribution >= 4 is 16.6 Å². The van der Waals surface area contributed by atoms with E-state index in [9.17, 15) is 0 Å². The number of nitrogens with one attached hydrogen (secondary N) is 1. The molecule has 26 heavy (non-hydrogen) atoms. The second kappa shape index (κ2) is 6.06. The molecule has 1 aliphatic rings. The fourth-order valence-electron chi connectivity index (χ4n) is 4.18. The Kier molecular flexibility index (Phi) is 3.56. The third-order valence-corrected chi connectivity index (χ3v) is 5.57. The van der Waals surface area contributed by atoms with Crippen LogP contribution in [0, 0.1) is 6.92 Å². The van der Waals surface area contributed by atoms with E-state index in [1.165, 1.54) is 44.4 Å². The predicted octanol–water partition coefficient (Wildman–Crippen LogP) is 5.71. The quantitative estimate of drug-likeness (QED) is 0.496. The number of aryl methyl sites for hydroxylation is 1. The van der Waals surface area contributed by atoms with Crippen LogP contribution in [-0.2, 0) is 13.0 Å². The molecule has 0 amide bonds. The minimum Gasteiger partial charge on any atom is -0.367 e. The average Bonchev–Trinajstić information content (AvgIpc) is 3.13.